The van der Waals surface area contributed by atoms with E-state index in [-0.39, 0.29) is 13.1 Å². The summed E-state index contributed by atoms with van der Waals surface area (Å²) < 4.78 is 32.6. The Labute approximate surface area is 112 Å². The van der Waals surface area contributed by atoms with Crippen molar-refractivity contribution in [1.82, 2.24) is 14.3 Å². The van der Waals surface area contributed by atoms with Gasteiger partial charge in [0.15, 0.2) is 0 Å². The average Bonchev–Trinajstić information content (AvgIpc) is 2.37. The van der Waals surface area contributed by atoms with Crippen LogP contribution in [0.15, 0.2) is 0 Å². The van der Waals surface area contributed by atoms with Gasteiger partial charge in [-0.15, -0.1) is 0 Å². The van der Waals surface area contributed by atoms with Crippen LogP contribution in [0.1, 0.15) is 0 Å². The summed E-state index contributed by atoms with van der Waals surface area (Å²) in [7, 11) is -3.71. The van der Waals surface area contributed by atoms with Crippen molar-refractivity contribution in [2.45, 2.75) is 6.04 Å². The molecule has 1 atom stereocenters. The maximum atomic E-state index is 11.5. The topological polar surface area (TPSA) is 134 Å². The van der Waals surface area contributed by atoms with Gasteiger partial charge in [-0.2, -0.15) is 8.42 Å². The number of carboxylic acid groups (broad SMARTS) is 1. The summed E-state index contributed by atoms with van der Waals surface area (Å²) in [5.74, 6) is -1.25. The predicted octanol–water partition coefficient (Wildman–Crippen LogP) is -2.85. The first kappa shape index (κ1) is 16.3. The van der Waals surface area contributed by atoms with E-state index in [0.717, 1.165) is 13.1 Å². The van der Waals surface area contributed by atoms with E-state index in [4.69, 9.17) is 15.6 Å². The Bertz CT molecular complexity index is 382. The average molecular weight is 296 g/mol. The molecule has 0 aromatic heterocycles. The number of hydrogen-bond acceptors (Lipinski definition) is 6. The van der Waals surface area contributed by atoms with Crippen LogP contribution in [0.2, 0.25) is 0 Å². The third-order valence-electron chi connectivity index (χ3n) is 2.63. The monoisotopic (exact) mass is 296 g/mol. The Morgan fingerprint density at radius 1 is 1.37 bits per heavy atom. The van der Waals surface area contributed by atoms with E-state index in [1.165, 1.54) is 0 Å². The quantitative estimate of drug-likeness (QED) is 0.379. The second-order valence-electron chi connectivity index (χ2n) is 4.14. The normalized spacial score (nSPS) is 19.2. The Balaban J connectivity index is 2.20. The number of ether oxygens (including phenoxy) is 1. The van der Waals surface area contributed by atoms with Crippen LogP contribution >= 0.6 is 0 Å². The van der Waals surface area contributed by atoms with Crippen LogP contribution in [0, 0.1) is 0 Å². The molecule has 1 rings (SSSR count). The minimum atomic E-state index is -3.71. The first-order valence-electron chi connectivity index (χ1n) is 5.93. The molecule has 0 spiro atoms. The molecule has 1 aliphatic rings. The first-order valence-corrected chi connectivity index (χ1v) is 7.42. The van der Waals surface area contributed by atoms with Crippen LogP contribution in [0.3, 0.4) is 0 Å². The van der Waals surface area contributed by atoms with Gasteiger partial charge in [0.2, 0.25) is 0 Å². The molecule has 10 heteroatoms. The lowest BCUT2D eigenvalue weighted by Gasteiger charge is -2.26. The van der Waals surface area contributed by atoms with Gasteiger partial charge in [0, 0.05) is 32.7 Å². The van der Waals surface area contributed by atoms with Crippen LogP contribution in [-0.2, 0) is 19.7 Å². The highest BCUT2D eigenvalue weighted by molar-refractivity contribution is 7.87. The first-order chi connectivity index (χ1) is 8.91. The molecule has 1 fully saturated rings. The van der Waals surface area contributed by atoms with E-state index in [1.54, 1.807) is 0 Å². The zero-order valence-electron chi connectivity index (χ0n) is 10.5. The Morgan fingerprint density at radius 3 is 2.58 bits per heavy atom. The molecule has 0 radical (unpaired) electrons. The maximum absolute atomic E-state index is 11.5. The highest BCUT2D eigenvalue weighted by atomic mass is 32.2. The lowest BCUT2D eigenvalue weighted by atomic mass is 10.3. The van der Waals surface area contributed by atoms with E-state index in [9.17, 15) is 13.2 Å². The summed E-state index contributed by atoms with van der Waals surface area (Å²) in [4.78, 5) is 12.5. The van der Waals surface area contributed by atoms with Crippen LogP contribution in [0.25, 0.3) is 0 Å². The fourth-order valence-corrected chi connectivity index (χ4v) is 2.36. The van der Waals surface area contributed by atoms with Crippen molar-refractivity contribution in [1.29, 1.82) is 0 Å². The summed E-state index contributed by atoms with van der Waals surface area (Å²) in [5, 5.41) is 8.53. The molecule has 5 N–H and O–H groups in total. The van der Waals surface area contributed by atoms with E-state index in [1.807, 2.05) is 0 Å². The van der Waals surface area contributed by atoms with Gasteiger partial charge in [-0.25, -0.2) is 9.44 Å². The predicted molar refractivity (Wildman–Crippen MR) is 67.8 cm³/mol. The van der Waals surface area contributed by atoms with Crippen molar-refractivity contribution in [3.05, 3.63) is 0 Å². The molecule has 0 unspecified atom stereocenters. The molecule has 112 valence electrons. The standard InChI is InChI=1S/C9H20N4O5S/c10-8(9(14)15)7-12-19(16,17)11-1-2-13-3-5-18-6-4-13/h8,11-12H,1-7,10H2,(H,14,15)/t8-/m0/s1. The number of nitrogens with zero attached hydrogens (tertiary/aromatic N) is 1. The van der Waals surface area contributed by atoms with Crippen molar-refractivity contribution in [3.63, 3.8) is 0 Å². The zero-order valence-corrected chi connectivity index (χ0v) is 11.4. The number of aliphatic carboxylic acids is 1. The van der Waals surface area contributed by atoms with Crippen LogP contribution < -0.4 is 15.2 Å². The second kappa shape index (κ2) is 7.72. The van der Waals surface area contributed by atoms with Crippen molar-refractivity contribution < 1.29 is 23.1 Å². The van der Waals surface area contributed by atoms with Crippen molar-refractivity contribution in [3.8, 4) is 0 Å². The molecule has 0 aliphatic carbocycles. The third kappa shape index (κ3) is 6.80. The molecule has 0 aromatic carbocycles. The fraction of sp³-hybridized carbons (Fsp3) is 0.889. The van der Waals surface area contributed by atoms with Gasteiger partial charge in [0.25, 0.3) is 10.2 Å². The van der Waals surface area contributed by atoms with Gasteiger partial charge in [-0.1, -0.05) is 0 Å². The van der Waals surface area contributed by atoms with Gasteiger partial charge in [0.05, 0.1) is 13.2 Å². The van der Waals surface area contributed by atoms with Gasteiger partial charge in [-0.3, -0.25) is 9.69 Å². The van der Waals surface area contributed by atoms with Crippen molar-refractivity contribution >= 4 is 16.2 Å². The molecular weight excluding hydrogens is 276 g/mol. The van der Waals surface area contributed by atoms with Crippen molar-refractivity contribution in [2.75, 3.05) is 45.9 Å². The van der Waals surface area contributed by atoms with E-state index in [2.05, 4.69) is 14.3 Å². The number of morpholine rings is 1. The molecule has 0 saturated carbocycles. The minimum absolute atomic E-state index is 0.248. The van der Waals surface area contributed by atoms with E-state index < -0.39 is 22.2 Å². The molecule has 0 amide bonds. The molecule has 1 heterocycles. The summed E-state index contributed by atoms with van der Waals surface area (Å²) in [5.41, 5.74) is 5.19. The molecule has 9 nitrogen and oxygen atoms in total. The lowest BCUT2D eigenvalue weighted by Crippen LogP contribution is -2.48. The molecule has 0 bridgehead atoms. The summed E-state index contributed by atoms with van der Waals surface area (Å²) in [6.07, 6.45) is 0. The lowest BCUT2D eigenvalue weighted by molar-refractivity contribution is -0.138. The number of carbonyl (C=O) groups is 1. The molecular formula is C9H20N4O5S. The smallest absolute Gasteiger partial charge is 0.321 e. The maximum Gasteiger partial charge on any atom is 0.321 e. The largest absolute Gasteiger partial charge is 0.480 e. The van der Waals surface area contributed by atoms with Crippen LogP contribution in [-0.4, -0.2) is 76.4 Å². The van der Waals surface area contributed by atoms with Crippen LogP contribution in [0.5, 0.6) is 0 Å². The number of carboxylic acids is 1. The number of rotatable bonds is 8. The van der Waals surface area contributed by atoms with Gasteiger partial charge in [0.1, 0.15) is 6.04 Å². The second-order valence-corrected chi connectivity index (χ2v) is 5.73. The third-order valence-corrected chi connectivity index (χ3v) is 3.77. The highest BCUT2D eigenvalue weighted by Gasteiger charge is 2.16. The van der Waals surface area contributed by atoms with E-state index in [0.29, 0.717) is 19.8 Å². The molecule has 0 aromatic rings. The summed E-state index contributed by atoms with van der Waals surface area (Å²) >= 11 is 0. The SMILES string of the molecule is N[C@@H](CNS(=O)(=O)NCCN1CCOCC1)C(=O)O. The Kier molecular flexibility index (Phi) is 6.62. The summed E-state index contributed by atoms with van der Waals surface area (Å²) in [6, 6.07) is -1.25. The number of hydrogen-bond donors (Lipinski definition) is 4. The Morgan fingerprint density at radius 2 is 2.00 bits per heavy atom. The number of nitrogens with one attached hydrogen (secondary N) is 2. The van der Waals surface area contributed by atoms with Crippen molar-refractivity contribution in [2.24, 2.45) is 5.73 Å². The van der Waals surface area contributed by atoms with Gasteiger partial charge in [-0.05, 0) is 0 Å². The minimum Gasteiger partial charge on any atom is -0.480 e. The molecule has 1 aliphatic heterocycles. The van der Waals surface area contributed by atoms with E-state index >= 15 is 0 Å². The fourth-order valence-electron chi connectivity index (χ4n) is 1.50. The highest BCUT2D eigenvalue weighted by Crippen LogP contribution is 1.94. The Hall–Kier alpha value is -0.780. The van der Waals surface area contributed by atoms with Gasteiger partial charge >= 0.3 is 5.97 Å². The summed E-state index contributed by atoms with van der Waals surface area (Å²) in [6.45, 7) is 3.34. The van der Waals surface area contributed by atoms with Crippen LogP contribution in [0.4, 0.5) is 0 Å². The number of nitrogens with two attached hydrogens (primary N) is 1. The molecule has 1 saturated heterocycles. The molecule has 19 heavy (non-hydrogen) atoms. The zero-order chi connectivity index (χ0) is 14.3. The van der Waals surface area contributed by atoms with Gasteiger partial charge < -0.3 is 15.6 Å².